The van der Waals surface area contributed by atoms with Crippen LogP contribution in [0.4, 0.5) is 0 Å². The molecule has 0 fully saturated rings. The van der Waals surface area contributed by atoms with Crippen molar-refractivity contribution in [3.63, 3.8) is 0 Å². The van der Waals surface area contributed by atoms with Crippen LogP contribution in [-0.2, 0) is 16.1 Å². The van der Waals surface area contributed by atoms with Crippen molar-refractivity contribution in [3.8, 4) is 5.75 Å². The van der Waals surface area contributed by atoms with E-state index >= 15 is 0 Å². The zero-order chi connectivity index (χ0) is 19.9. The number of carbonyl (C=O) groups excluding carboxylic acids is 2. The average Bonchev–Trinajstić information content (AvgIpc) is 3.04. The molecule has 7 heteroatoms. The summed E-state index contributed by atoms with van der Waals surface area (Å²) in [5.74, 6) is 0.110. The van der Waals surface area contributed by atoms with Crippen molar-refractivity contribution < 1.29 is 19.1 Å². The van der Waals surface area contributed by atoms with Crippen LogP contribution in [0.15, 0.2) is 53.5 Å². The number of benzene rings is 2. The van der Waals surface area contributed by atoms with E-state index in [0.29, 0.717) is 35.9 Å². The number of ether oxygens (including phenoxy) is 2. The molecule has 3 rings (SSSR count). The smallest absolute Gasteiger partial charge is 0.307 e. The van der Waals surface area contributed by atoms with Crippen LogP contribution in [0, 0.1) is 0 Å². The van der Waals surface area contributed by atoms with Crippen molar-refractivity contribution in [2.45, 2.75) is 26.8 Å². The van der Waals surface area contributed by atoms with E-state index in [9.17, 15) is 9.59 Å². The summed E-state index contributed by atoms with van der Waals surface area (Å²) in [7, 11) is 0. The van der Waals surface area contributed by atoms with Gasteiger partial charge in [-0.3, -0.25) is 9.59 Å². The molecule has 0 aliphatic carbocycles. The number of rotatable bonds is 7. The average molecular weight is 398 g/mol. The predicted molar refractivity (Wildman–Crippen MR) is 109 cm³/mol. The Morgan fingerprint density at radius 3 is 2.50 bits per heavy atom. The van der Waals surface area contributed by atoms with Crippen LogP contribution < -0.4 is 9.54 Å². The lowest BCUT2D eigenvalue weighted by molar-refractivity contribution is -0.143. The lowest BCUT2D eigenvalue weighted by Gasteiger charge is -2.05. The normalized spacial score (nSPS) is 11.6. The van der Waals surface area contributed by atoms with E-state index in [-0.39, 0.29) is 18.3 Å². The van der Waals surface area contributed by atoms with Gasteiger partial charge in [0.2, 0.25) is 0 Å². The van der Waals surface area contributed by atoms with Crippen molar-refractivity contribution in [2.24, 2.45) is 4.99 Å². The Morgan fingerprint density at radius 1 is 1.04 bits per heavy atom. The lowest BCUT2D eigenvalue weighted by atomic mass is 10.2. The number of hydrogen-bond acceptors (Lipinski definition) is 5. The molecule has 0 saturated carbocycles. The highest BCUT2D eigenvalue weighted by Gasteiger charge is 2.11. The molecule has 0 unspecified atom stereocenters. The van der Waals surface area contributed by atoms with Gasteiger partial charge in [0.05, 0.1) is 29.9 Å². The summed E-state index contributed by atoms with van der Waals surface area (Å²) >= 11 is 1.42. The van der Waals surface area contributed by atoms with Gasteiger partial charge in [0.1, 0.15) is 5.75 Å². The van der Waals surface area contributed by atoms with Crippen molar-refractivity contribution >= 4 is 33.4 Å². The first-order valence-electron chi connectivity index (χ1n) is 9.18. The molecule has 0 bridgehead atoms. The molecule has 0 aliphatic heterocycles. The summed E-state index contributed by atoms with van der Waals surface area (Å²) in [4.78, 5) is 29.3. The third kappa shape index (κ3) is 4.67. The van der Waals surface area contributed by atoms with Crippen molar-refractivity contribution in [1.29, 1.82) is 0 Å². The van der Waals surface area contributed by atoms with Gasteiger partial charge in [0, 0.05) is 12.1 Å². The van der Waals surface area contributed by atoms with E-state index in [1.54, 1.807) is 31.2 Å². The number of hydrogen-bond donors (Lipinski definition) is 0. The van der Waals surface area contributed by atoms with Gasteiger partial charge < -0.3 is 14.0 Å². The highest BCUT2D eigenvalue weighted by molar-refractivity contribution is 7.16. The second-order valence-corrected chi connectivity index (χ2v) is 6.94. The molecule has 2 aromatic carbocycles. The summed E-state index contributed by atoms with van der Waals surface area (Å²) in [5, 5.41) is 0. The maximum Gasteiger partial charge on any atom is 0.307 e. The standard InChI is InChI=1S/C21H22N2O4S/c1-3-26-16-11-9-15(10-12-16)20(25)22-21-23(14-13-19(24)27-4-2)17-7-5-6-8-18(17)28-21/h5-12H,3-4,13-14H2,1-2H3. The molecule has 1 amide bonds. The predicted octanol–water partition coefficient (Wildman–Crippen LogP) is 3.80. The quantitative estimate of drug-likeness (QED) is 0.568. The summed E-state index contributed by atoms with van der Waals surface area (Å²) in [6.07, 6.45) is 0.221. The molecule has 6 nitrogen and oxygen atoms in total. The Hall–Kier alpha value is -2.93. The van der Waals surface area contributed by atoms with Crippen LogP contribution in [0.2, 0.25) is 0 Å². The molecule has 28 heavy (non-hydrogen) atoms. The monoisotopic (exact) mass is 398 g/mol. The first-order valence-corrected chi connectivity index (χ1v) is 10.00. The van der Waals surface area contributed by atoms with Gasteiger partial charge in [-0.1, -0.05) is 23.5 Å². The van der Waals surface area contributed by atoms with E-state index in [0.717, 1.165) is 10.2 Å². The minimum atomic E-state index is -0.334. The first-order chi connectivity index (χ1) is 13.6. The third-order valence-corrected chi connectivity index (χ3v) is 5.10. The van der Waals surface area contributed by atoms with Gasteiger partial charge in [-0.15, -0.1) is 0 Å². The van der Waals surface area contributed by atoms with Gasteiger partial charge >= 0.3 is 5.97 Å². The zero-order valence-electron chi connectivity index (χ0n) is 15.9. The molecule has 0 aliphatic rings. The van der Waals surface area contributed by atoms with E-state index in [1.807, 2.05) is 35.8 Å². The number of fused-ring (bicyclic) bond motifs is 1. The van der Waals surface area contributed by atoms with E-state index in [2.05, 4.69) is 4.99 Å². The molecular weight excluding hydrogens is 376 g/mol. The Labute approximate surface area is 167 Å². The topological polar surface area (TPSA) is 69.9 Å². The number of para-hydroxylation sites is 1. The highest BCUT2D eigenvalue weighted by Crippen LogP contribution is 2.18. The fourth-order valence-electron chi connectivity index (χ4n) is 2.77. The lowest BCUT2D eigenvalue weighted by Crippen LogP contribution is -2.19. The summed E-state index contributed by atoms with van der Waals surface area (Å²) < 4.78 is 13.3. The summed E-state index contributed by atoms with van der Waals surface area (Å²) in [6.45, 7) is 5.01. The van der Waals surface area contributed by atoms with E-state index < -0.39 is 0 Å². The SMILES string of the molecule is CCOC(=O)CCn1c(=NC(=O)c2ccc(OCC)cc2)sc2ccccc21. The van der Waals surface area contributed by atoms with Crippen molar-refractivity contribution in [3.05, 3.63) is 58.9 Å². The molecule has 0 N–H and O–H groups in total. The van der Waals surface area contributed by atoms with Crippen LogP contribution in [0.25, 0.3) is 10.2 Å². The fourth-order valence-corrected chi connectivity index (χ4v) is 3.82. The first kappa shape index (κ1) is 19.8. The molecule has 1 aromatic heterocycles. The maximum atomic E-state index is 12.6. The van der Waals surface area contributed by atoms with Gasteiger partial charge in [-0.05, 0) is 50.2 Å². The number of amides is 1. The molecule has 1 heterocycles. The minimum absolute atomic E-state index is 0.221. The van der Waals surface area contributed by atoms with Crippen molar-refractivity contribution in [1.82, 2.24) is 4.57 Å². The van der Waals surface area contributed by atoms with Gasteiger partial charge in [0.15, 0.2) is 4.80 Å². The van der Waals surface area contributed by atoms with Crippen LogP contribution in [-0.4, -0.2) is 29.7 Å². The molecule has 146 valence electrons. The third-order valence-electron chi connectivity index (χ3n) is 4.04. The number of aryl methyl sites for hydroxylation is 1. The number of nitrogens with zero attached hydrogens (tertiary/aromatic N) is 2. The molecule has 0 radical (unpaired) electrons. The highest BCUT2D eigenvalue weighted by atomic mass is 32.1. The molecule has 3 aromatic rings. The molecule has 0 spiro atoms. The van der Waals surface area contributed by atoms with Gasteiger partial charge in [-0.2, -0.15) is 4.99 Å². The fraction of sp³-hybridized carbons (Fsp3) is 0.286. The van der Waals surface area contributed by atoms with Gasteiger partial charge in [-0.25, -0.2) is 0 Å². The van der Waals surface area contributed by atoms with Crippen LogP contribution in [0.3, 0.4) is 0 Å². The van der Waals surface area contributed by atoms with E-state index in [1.165, 1.54) is 11.3 Å². The summed E-state index contributed by atoms with van der Waals surface area (Å²) in [6, 6.07) is 14.7. The minimum Gasteiger partial charge on any atom is -0.494 e. The number of thiazole rings is 1. The largest absolute Gasteiger partial charge is 0.494 e. The Balaban J connectivity index is 1.93. The number of esters is 1. The maximum absolute atomic E-state index is 12.6. The number of carbonyl (C=O) groups is 2. The van der Waals surface area contributed by atoms with Crippen molar-refractivity contribution in [2.75, 3.05) is 13.2 Å². The van der Waals surface area contributed by atoms with Crippen LogP contribution in [0.1, 0.15) is 30.6 Å². The van der Waals surface area contributed by atoms with Crippen LogP contribution >= 0.6 is 11.3 Å². The Kier molecular flexibility index (Phi) is 6.60. The molecule has 0 atom stereocenters. The second-order valence-electron chi connectivity index (χ2n) is 5.93. The zero-order valence-corrected chi connectivity index (χ0v) is 16.7. The second kappa shape index (κ2) is 9.32. The molecular formula is C21H22N2O4S. The van der Waals surface area contributed by atoms with E-state index in [4.69, 9.17) is 9.47 Å². The van der Waals surface area contributed by atoms with Crippen LogP contribution in [0.5, 0.6) is 5.75 Å². The molecule has 0 saturated heterocycles. The Bertz CT molecular complexity index is 1030. The van der Waals surface area contributed by atoms with Gasteiger partial charge in [0.25, 0.3) is 5.91 Å². The Morgan fingerprint density at radius 2 is 1.79 bits per heavy atom. The number of aromatic nitrogens is 1. The summed E-state index contributed by atoms with van der Waals surface area (Å²) in [5.41, 5.74) is 1.42.